The monoisotopic (exact) mass is 991 g/mol. The summed E-state index contributed by atoms with van der Waals surface area (Å²) in [6, 6.07) is 0. The Morgan fingerprint density at radius 1 is 0.457 bits per heavy atom. The van der Waals surface area contributed by atoms with Crippen LogP contribution in [-0.4, -0.2) is 94.1 Å². The van der Waals surface area contributed by atoms with E-state index in [-0.39, 0.29) is 36.5 Å². The number of hydrogen-bond acceptors (Lipinski definition) is 8. The van der Waals surface area contributed by atoms with E-state index in [1.807, 2.05) is 19.0 Å². The first-order chi connectivity index (χ1) is 34.2. The predicted molar refractivity (Wildman–Crippen MR) is 299 cm³/mol. The zero-order valence-electron chi connectivity index (χ0n) is 47.7. The van der Waals surface area contributed by atoms with Gasteiger partial charge in [0.15, 0.2) is 0 Å². The van der Waals surface area contributed by atoms with Crippen LogP contribution in [0.25, 0.3) is 0 Å². The van der Waals surface area contributed by atoms with Crippen LogP contribution in [0.5, 0.6) is 0 Å². The molecular weight excluding hydrogens is 873 g/mol. The number of nitrogens with zero attached hydrogens (tertiary/aromatic N) is 2. The van der Waals surface area contributed by atoms with Gasteiger partial charge in [0.1, 0.15) is 12.4 Å². The van der Waals surface area contributed by atoms with Crippen molar-refractivity contribution in [3.8, 4) is 0 Å². The summed E-state index contributed by atoms with van der Waals surface area (Å²) in [6.07, 6.45) is 51.9. The highest BCUT2D eigenvalue weighted by molar-refractivity contribution is 5.76. The molecule has 0 saturated heterocycles. The fraction of sp³-hybridized carbons (Fsp3) is 0.902. The Labute approximate surface area is 434 Å². The lowest BCUT2D eigenvalue weighted by atomic mass is 10.0. The number of carbonyl (C=O) groups is 4. The van der Waals surface area contributed by atoms with Gasteiger partial charge >= 0.3 is 11.9 Å². The molecule has 0 aromatic rings. The molecule has 0 aliphatic heterocycles. The third-order valence-corrected chi connectivity index (χ3v) is 13.4. The molecule has 70 heavy (non-hydrogen) atoms. The van der Waals surface area contributed by atoms with Crippen LogP contribution in [0.3, 0.4) is 0 Å². The smallest absolute Gasteiger partial charge is 0.306 e. The number of amides is 1. The van der Waals surface area contributed by atoms with Crippen molar-refractivity contribution in [3.63, 3.8) is 0 Å². The van der Waals surface area contributed by atoms with Crippen LogP contribution < -0.4 is 0 Å². The second-order valence-corrected chi connectivity index (χ2v) is 20.8. The topological polar surface area (TPSA) is 102 Å². The average molecular weight is 992 g/mol. The number of ether oxygens (including phenoxy) is 3. The molecule has 1 amide bonds. The maximum absolute atomic E-state index is 13.2. The highest BCUT2D eigenvalue weighted by Gasteiger charge is 2.21. The number of carbonyl (C=O) groups excluding carboxylic acids is 4. The molecule has 0 radical (unpaired) electrons. The van der Waals surface area contributed by atoms with Crippen molar-refractivity contribution in [1.82, 2.24) is 9.80 Å². The Bertz CT molecular complexity index is 1130. The summed E-state index contributed by atoms with van der Waals surface area (Å²) in [4.78, 5) is 52.7. The quantitative estimate of drug-likeness (QED) is 0.0257. The van der Waals surface area contributed by atoms with Gasteiger partial charge in [-0.15, -0.1) is 0 Å². The molecule has 414 valence electrons. The summed E-state index contributed by atoms with van der Waals surface area (Å²) in [5.41, 5.74) is 0. The summed E-state index contributed by atoms with van der Waals surface area (Å²) in [7, 11) is 5.75. The first kappa shape index (κ1) is 69.8. The van der Waals surface area contributed by atoms with Crippen LogP contribution in [0.1, 0.15) is 291 Å². The predicted octanol–water partition coefficient (Wildman–Crippen LogP) is 16.9. The van der Waals surface area contributed by atoms with Gasteiger partial charge in [0.25, 0.3) is 0 Å². The molecule has 9 nitrogen and oxygen atoms in total. The van der Waals surface area contributed by atoms with E-state index in [0.29, 0.717) is 39.0 Å². The minimum Gasteiger partial charge on any atom is -0.465 e. The molecule has 0 N–H and O–H groups in total. The van der Waals surface area contributed by atoms with Crippen molar-refractivity contribution in [2.75, 3.05) is 54.1 Å². The second kappa shape index (κ2) is 57.6. The average Bonchev–Trinajstić information content (AvgIpc) is 3.34. The molecule has 0 saturated carbocycles. The second-order valence-electron chi connectivity index (χ2n) is 20.8. The number of rotatable bonds is 53. The number of allylic oxidation sites excluding steroid dienone is 2. The van der Waals surface area contributed by atoms with Gasteiger partial charge in [-0.05, 0) is 104 Å². The van der Waals surface area contributed by atoms with Crippen LogP contribution in [0.4, 0.5) is 0 Å². The number of hydrogen-bond donors (Lipinski definition) is 0. The van der Waals surface area contributed by atoms with E-state index in [9.17, 15) is 19.2 Å². The molecule has 0 aliphatic carbocycles. The maximum atomic E-state index is 13.2. The van der Waals surface area contributed by atoms with Crippen LogP contribution in [0, 0.1) is 5.92 Å². The lowest BCUT2D eigenvalue weighted by molar-refractivity contribution is -0.150. The van der Waals surface area contributed by atoms with E-state index in [2.05, 4.69) is 44.7 Å². The first-order valence-corrected chi connectivity index (χ1v) is 30.0. The van der Waals surface area contributed by atoms with E-state index in [0.717, 1.165) is 96.3 Å². The van der Waals surface area contributed by atoms with Gasteiger partial charge in [-0.1, -0.05) is 194 Å². The zero-order valence-corrected chi connectivity index (χ0v) is 47.7. The summed E-state index contributed by atoms with van der Waals surface area (Å²) >= 11 is 0. The highest BCUT2D eigenvalue weighted by Crippen LogP contribution is 2.19. The van der Waals surface area contributed by atoms with Crippen molar-refractivity contribution in [1.29, 1.82) is 0 Å². The Hall–Kier alpha value is -2.26. The molecule has 0 rings (SSSR count). The normalized spacial score (nSPS) is 11.8. The fourth-order valence-corrected chi connectivity index (χ4v) is 8.92. The van der Waals surface area contributed by atoms with E-state index >= 15 is 0 Å². The molecule has 0 aromatic heterocycles. The van der Waals surface area contributed by atoms with Crippen LogP contribution in [-0.2, 0) is 33.4 Å². The largest absolute Gasteiger partial charge is 0.465 e. The summed E-state index contributed by atoms with van der Waals surface area (Å²) in [5.74, 6) is -0.137. The van der Waals surface area contributed by atoms with Gasteiger partial charge in [-0.3, -0.25) is 14.4 Å². The fourth-order valence-electron chi connectivity index (χ4n) is 8.92. The van der Waals surface area contributed by atoms with E-state index < -0.39 is 0 Å². The van der Waals surface area contributed by atoms with Crippen molar-refractivity contribution in [3.05, 3.63) is 12.2 Å². The molecule has 0 bridgehead atoms. The Balaban J connectivity index is 0. The first-order valence-electron chi connectivity index (χ1n) is 30.0. The van der Waals surface area contributed by atoms with Crippen molar-refractivity contribution in [2.45, 2.75) is 297 Å². The molecule has 0 aromatic carbocycles. The third kappa shape index (κ3) is 53.5. The van der Waals surface area contributed by atoms with E-state index in [1.165, 1.54) is 161 Å². The molecule has 0 heterocycles. The minimum absolute atomic E-state index is 0.0562. The van der Waals surface area contributed by atoms with Crippen LogP contribution >= 0.6 is 0 Å². The molecule has 9 heteroatoms. The van der Waals surface area contributed by atoms with Gasteiger partial charge in [-0.25, -0.2) is 0 Å². The molecular formula is C61H118N2O7. The van der Waals surface area contributed by atoms with Crippen molar-refractivity contribution >= 4 is 24.1 Å². The Kier molecular flexibility index (Phi) is 57.5. The number of esters is 2. The highest BCUT2D eigenvalue weighted by atomic mass is 16.5. The van der Waals surface area contributed by atoms with Gasteiger partial charge in [-0.2, -0.15) is 0 Å². The van der Waals surface area contributed by atoms with Crippen molar-refractivity contribution < 1.29 is 33.4 Å². The van der Waals surface area contributed by atoms with Gasteiger partial charge in [0.05, 0.1) is 13.2 Å². The molecule has 1 unspecified atom stereocenters. The van der Waals surface area contributed by atoms with Crippen molar-refractivity contribution in [2.24, 2.45) is 5.92 Å². The zero-order chi connectivity index (χ0) is 51.8. The van der Waals surface area contributed by atoms with Gasteiger partial charge in [0.2, 0.25) is 5.91 Å². The lowest BCUT2D eigenvalue weighted by Gasteiger charge is -2.28. The summed E-state index contributed by atoms with van der Waals surface area (Å²) in [5, 5.41) is 0. The Morgan fingerprint density at radius 3 is 1.33 bits per heavy atom. The number of aldehydes is 1. The SMILES string of the molecule is CCCCCCCC/C=C\CCCCCCCC=O.CCCCCCCCC(CCCCCCCC)OC(=O)CCCCCCC(=O)OCC(COC)CN(CCCN(C)C)C(=O)CCCCCCC. The van der Waals surface area contributed by atoms with Crippen LogP contribution in [0.15, 0.2) is 12.2 Å². The molecule has 0 aliphatic rings. The van der Waals surface area contributed by atoms with E-state index in [4.69, 9.17) is 14.2 Å². The standard InChI is InChI=1S/C43H84N2O6.C18H34O/c1-7-10-13-16-19-23-29-40(30-24-20-17-14-11-8-2)51-43(48)33-27-22-21-26-32-42(47)50-38-39(37-49-6)36-45(35-28-34-44(4)5)41(46)31-25-18-15-12-9-3;1-2-3-4-5-6-7-8-9-10-11-12-13-14-15-16-17-18-19/h39-40H,7-38H2,1-6H3;9-10,18H,2-8,11-17H2,1H3/b;10-9-. The molecule has 0 fully saturated rings. The number of methoxy groups -OCH3 is 1. The summed E-state index contributed by atoms with van der Waals surface area (Å²) in [6.45, 7) is 11.8. The Morgan fingerprint density at radius 2 is 0.871 bits per heavy atom. The van der Waals surface area contributed by atoms with Gasteiger partial charge < -0.3 is 28.8 Å². The third-order valence-electron chi connectivity index (χ3n) is 13.4. The molecule has 0 spiro atoms. The van der Waals surface area contributed by atoms with E-state index in [1.54, 1.807) is 7.11 Å². The lowest BCUT2D eigenvalue weighted by Crippen LogP contribution is -2.39. The van der Waals surface area contributed by atoms with Gasteiger partial charge in [0, 0.05) is 51.8 Å². The maximum Gasteiger partial charge on any atom is 0.306 e. The number of unbranched alkanes of at least 4 members (excludes halogenated alkanes) is 29. The molecule has 1 atom stereocenters. The summed E-state index contributed by atoms with van der Waals surface area (Å²) < 4.78 is 17.1. The minimum atomic E-state index is -0.204. The van der Waals surface area contributed by atoms with Crippen LogP contribution in [0.2, 0.25) is 0 Å².